The Morgan fingerprint density at radius 1 is 1.09 bits per heavy atom. The Bertz CT molecular complexity index is 1110. The predicted octanol–water partition coefficient (Wildman–Crippen LogP) is 3.41. The Labute approximate surface area is 193 Å². The third-order valence-electron chi connectivity index (χ3n) is 4.66. The molecule has 10 heteroatoms. The fraction of sp³-hybridized carbons (Fsp3) is 0.391. The van der Waals surface area contributed by atoms with E-state index in [0.29, 0.717) is 18.7 Å². The average Bonchev–Trinajstić information content (AvgIpc) is 2.69. The minimum Gasteiger partial charge on any atom is -0.485 e. The van der Waals surface area contributed by atoms with Gasteiger partial charge in [-0.15, -0.1) is 0 Å². The molecule has 1 N–H and O–H groups in total. The van der Waals surface area contributed by atoms with Crippen LogP contribution in [0.25, 0.3) is 0 Å². The third kappa shape index (κ3) is 6.85. The Kier molecular flexibility index (Phi) is 7.16. The van der Waals surface area contributed by atoms with Crippen LogP contribution in [0.5, 0.6) is 5.75 Å². The van der Waals surface area contributed by atoms with Crippen molar-refractivity contribution >= 4 is 27.8 Å². The van der Waals surface area contributed by atoms with Crippen LogP contribution in [0.2, 0.25) is 0 Å². The van der Waals surface area contributed by atoms with E-state index in [0.717, 1.165) is 0 Å². The SMILES string of the molecule is COC(=O)c1ccc(OC2CN(C(=O)OC(C)(C)C)C2)c(NS(=O)(=O)Cc2ccccc2)c1. The standard InChI is InChI=1S/C23H28N2O7S/c1-23(2,3)32-22(27)25-13-18(14-25)31-20-11-10-17(21(26)30-4)12-19(20)24-33(28,29)15-16-8-6-5-7-9-16/h5-12,18,24H,13-15H2,1-4H3. The van der Waals surface area contributed by atoms with Crippen molar-refractivity contribution in [2.75, 3.05) is 24.9 Å². The van der Waals surface area contributed by atoms with Crippen molar-refractivity contribution in [1.29, 1.82) is 0 Å². The van der Waals surface area contributed by atoms with Gasteiger partial charge in [0.1, 0.15) is 17.5 Å². The highest BCUT2D eigenvalue weighted by molar-refractivity contribution is 7.91. The number of carbonyl (C=O) groups is 2. The van der Waals surface area contributed by atoms with Gasteiger partial charge in [-0.3, -0.25) is 4.72 Å². The third-order valence-corrected chi connectivity index (χ3v) is 5.90. The summed E-state index contributed by atoms with van der Waals surface area (Å²) >= 11 is 0. The zero-order chi connectivity index (χ0) is 24.2. The molecule has 178 valence electrons. The van der Waals surface area contributed by atoms with Gasteiger partial charge in [-0.1, -0.05) is 30.3 Å². The second-order valence-electron chi connectivity index (χ2n) is 8.67. The number of nitrogens with zero attached hydrogens (tertiary/aromatic N) is 1. The predicted molar refractivity (Wildman–Crippen MR) is 123 cm³/mol. The molecule has 1 fully saturated rings. The molecular formula is C23H28N2O7S. The molecule has 0 atom stereocenters. The Morgan fingerprint density at radius 2 is 1.76 bits per heavy atom. The van der Waals surface area contributed by atoms with Gasteiger partial charge in [-0.2, -0.15) is 0 Å². The van der Waals surface area contributed by atoms with Gasteiger partial charge < -0.3 is 19.1 Å². The molecule has 2 aromatic carbocycles. The highest BCUT2D eigenvalue weighted by atomic mass is 32.2. The molecular weight excluding hydrogens is 448 g/mol. The summed E-state index contributed by atoms with van der Waals surface area (Å²) in [5, 5.41) is 0. The van der Waals surface area contributed by atoms with Crippen LogP contribution in [-0.2, 0) is 25.2 Å². The van der Waals surface area contributed by atoms with Gasteiger partial charge in [0.05, 0.1) is 37.2 Å². The van der Waals surface area contributed by atoms with E-state index in [2.05, 4.69) is 4.72 Å². The molecule has 0 saturated carbocycles. The zero-order valence-corrected chi connectivity index (χ0v) is 19.8. The van der Waals surface area contributed by atoms with E-state index < -0.39 is 27.7 Å². The Balaban J connectivity index is 1.74. The van der Waals surface area contributed by atoms with Gasteiger partial charge in [-0.25, -0.2) is 18.0 Å². The normalized spacial score (nSPS) is 14.2. The van der Waals surface area contributed by atoms with E-state index in [1.54, 1.807) is 51.1 Å². The van der Waals surface area contributed by atoms with Crippen molar-refractivity contribution < 1.29 is 32.2 Å². The second kappa shape index (κ2) is 9.70. The van der Waals surface area contributed by atoms with Crippen molar-refractivity contribution in [2.24, 2.45) is 0 Å². The molecule has 0 unspecified atom stereocenters. The van der Waals surface area contributed by atoms with E-state index in [-0.39, 0.29) is 28.9 Å². The molecule has 0 spiro atoms. The van der Waals surface area contributed by atoms with Gasteiger partial charge in [0, 0.05) is 0 Å². The smallest absolute Gasteiger partial charge is 0.410 e. The first-order chi connectivity index (χ1) is 15.5. The minimum absolute atomic E-state index is 0.115. The van der Waals surface area contributed by atoms with E-state index >= 15 is 0 Å². The first kappa shape index (κ1) is 24.4. The summed E-state index contributed by atoms with van der Waals surface area (Å²) in [7, 11) is -2.55. The summed E-state index contributed by atoms with van der Waals surface area (Å²) in [6, 6.07) is 13.1. The molecule has 0 aromatic heterocycles. The van der Waals surface area contributed by atoms with Gasteiger partial charge in [0.25, 0.3) is 0 Å². The molecule has 2 aromatic rings. The molecule has 1 heterocycles. The van der Waals surface area contributed by atoms with E-state index in [9.17, 15) is 18.0 Å². The van der Waals surface area contributed by atoms with Gasteiger partial charge in [0.2, 0.25) is 10.0 Å². The lowest BCUT2D eigenvalue weighted by atomic mass is 10.1. The van der Waals surface area contributed by atoms with Gasteiger partial charge in [-0.05, 0) is 44.5 Å². The maximum atomic E-state index is 12.8. The second-order valence-corrected chi connectivity index (χ2v) is 10.4. The molecule has 3 rings (SSSR count). The maximum Gasteiger partial charge on any atom is 0.410 e. The van der Waals surface area contributed by atoms with Crippen LogP contribution in [0.3, 0.4) is 0 Å². The van der Waals surface area contributed by atoms with Gasteiger partial charge >= 0.3 is 12.1 Å². The topological polar surface area (TPSA) is 111 Å². The highest BCUT2D eigenvalue weighted by Crippen LogP contribution is 2.30. The first-order valence-corrected chi connectivity index (χ1v) is 12.0. The zero-order valence-electron chi connectivity index (χ0n) is 19.0. The van der Waals surface area contributed by atoms with Crippen LogP contribution in [0.15, 0.2) is 48.5 Å². The minimum atomic E-state index is -3.80. The van der Waals surface area contributed by atoms with Gasteiger partial charge in [0.15, 0.2) is 0 Å². The lowest BCUT2D eigenvalue weighted by Crippen LogP contribution is -2.57. The Hall–Kier alpha value is -3.27. The number of amides is 1. The molecule has 0 bridgehead atoms. The van der Waals surface area contributed by atoms with Crippen LogP contribution >= 0.6 is 0 Å². The molecule has 33 heavy (non-hydrogen) atoms. The molecule has 0 radical (unpaired) electrons. The fourth-order valence-corrected chi connectivity index (χ4v) is 4.32. The summed E-state index contributed by atoms with van der Waals surface area (Å²) in [4.78, 5) is 25.6. The number of carbonyl (C=O) groups excluding carboxylic acids is 2. The molecule has 1 amide bonds. The molecule has 9 nitrogen and oxygen atoms in total. The summed E-state index contributed by atoms with van der Waals surface area (Å²) in [6.07, 6.45) is -0.786. The van der Waals surface area contributed by atoms with E-state index in [1.165, 1.54) is 30.2 Å². The summed E-state index contributed by atoms with van der Waals surface area (Å²) in [5.41, 5.74) is 0.302. The number of benzene rings is 2. The molecule has 1 saturated heterocycles. The number of hydrogen-bond donors (Lipinski definition) is 1. The van der Waals surface area contributed by atoms with Crippen LogP contribution in [0.4, 0.5) is 10.5 Å². The average molecular weight is 477 g/mol. The van der Waals surface area contributed by atoms with E-state index in [1.807, 2.05) is 0 Å². The number of rotatable bonds is 7. The van der Waals surface area contributed by atoms with Crippen molar-refractivity contribution in [1.82, 2.24) is 4.90 Å². The number of sulfonamides is 1. The van der Waals surface area contributed by atoms with Crippen LogP contribution < -0.4 is 9.46 Å². The number of ether oxygens (including phenoxy) is 3. The largest absolute Gasteiger partial charge is 0.485 e. The van der Waals surface area contributed by atoms with Crippen molar-refractivity contribution in [2.45, 2.75) is 38.2 Å². The number of esters is 1. The first-order valence-electron chi connectivity index (χ1n) is 10.4. The number of anilines is 1. The number of hydrogen-bond acceptors (Lipinski definition) is 7. The lowest BCUT2D eigenvalue weighted by molar-refractivity contribution is -0.0219. The summed E-state index contributed by atoms with van der Waals surface area (Å²) < 4.78 is 44.0. The van der Waals surface area contributed by atoms with Crippen molar-refractivity contribution in [3.05, 3.63) is 59.7 Å². The van der Waals surface area contributed by atoms with Crippen molar-refractivity contribution in [3.8, 4) is 5.75 Å². The number of likely N-dealkylation sites (tertiary alicyclic amines) is 1. The highest BCUT2D eigenvalue weighted by Gasteiger charge is 2.35. The maximum absolute atomic E-state index is 12.8. The summed E-state index contributed by atoms with van der Waals surface area (Å²) in [6.45, 7) is 5.95. The molecule has 1 aliphatic heterocycles. The fourth-order valence-electron chi connectivity index (χ4n) is 3.12. The number of nitrogens with one attached hydrogen (secondary N) is 1. The Morgan fingerprint density at radius 3 is 2.36 bits per heavy atom. The van der Waals surface area contributed by atoms with Crippen LogP contribution in [-0.4, -0.2) is 57.3 Å². The quantitative estimate of drug-likeness (QED) is 0.610. The van der Waals surface area contributed by atoms with Crippen LogP contribution in [0.1, 0.15) is 36.7 Å². The van der Waals surface area contributed by atoms with E-state index in [4.69, 9.17) is 14.2 Å². The lowest BCUT2D eigenvalue weighted by Gasteiger charge is -2.39. The molecule has 0 aliphatic carbocycles. The monoisotopic (exact) mass is 476 g/mol. The summed E-state index contributed by atoms with van der Waals surface area (Å²) in [5.74, 6) is -0.607. The number of methoxy groups -OCH3 is 1. The van der Waals surface area contributed by atoms with Crippen LogP contribution in [0, 0.1) is 0 Å². The van der Waals surface area contributed by atoms with Crippen molar-refractivity contribution in [3.63, 3.8) is 0 Å². The molecule has 1 aliphatic rings.